The predicted molar refractivity (Wildman–Crippen MR) is 77.7 cm³/mol. The molecule has 0 aromatic carbocycles. The number of amides is 1. The van der Waals surface area contributed by atoms with Crippen molar-refractivity contribution in [2.75, 3.05) is 6.54 Å². The van der Waals surface area contributed by atoms with E-state index in [1.54, 1.807) is 0 Å². The first kappa shape index (κ1) is 13.2. The first-order valence-electron chi connectivity index (χ1n) is 7.67. The molecule has 4 aliphatic carbocycles. The zero-order valence-electron chi connectivity index (χ0n) is 12.6. The maximum atomic E-state index is 12.7. The Morgan fingerprint density at radius 2 is 1.74 bits per heavy atom. The SMILES string of the molecule is C=C(C)CNC(=O)C12CC3CC(C)(CC(C)(C3)C1)C2. The molecule has 4 bridgehead atoms. The van der Waals surface area contributed by atoms with Crippen LogP contribution in [0.3, 0.4) is 0 Å². The van der Waals surface area contributed by atoms with Crippen LogP contribution >= 0.6 is 0 Å². The first-order valence-corrected chi connectivity index (χ1v) is 7.67. The lowest BCUT2D eigenvalue weighted by atomic mass is 9.40. The summed E-state index contributed by atoms with van der Waals surface area (Å²) in [4.78, 5) is 12.7. The van der Waals surface area contributed by atoms with Crippen molar-refractivity contribution in [2.45, 2.75) is 59.3 Å². The molecule has 2 heteroatoms. The molecule has 0 saturated heterocycles. The number of hydrogen-bond donors (Lipinski definition) is 1. The number of carbonyl (C=O) groups is 1. The van der Waals surface area contributed by atoms with Crippen molar-refractivity contribution in [2.24, 2.45) is 22.2 Å². The van der Waals surface area contributed by atoms with Crippen LogP contribution in [0.15, 0.2) is 12.2 Å². The predicted octanol–water partition coefficient (Wildman–Crippen LogP) is 3.68. The molecule has 2 nitrogen and oxygen atoms in total. The van der Waals surface area contributed by atoms with Gasteiger partial charge in [-0.1, -0.05) is 26.0 Å². The smallest absolute Gasteiger partial charge is 0.226 e. The van der Waals surface area contributed by atoms with E-state index >= 15 is 0 Å². The standard InChI is InChI=1S/C17H27NO/c1-12(2)8-18-14(19)17-7-13-5-15(3,10-17)9-16(4,6-13)11-17/h13H,1,5-11H2,2-4H3,(H,18,19). The third-order valence-corrected chi connectivity index (χ3v) is 5.66. The van der Waals surface area contributed by atoms with Gasteiger partial charge in [0.15, 0.2) is 0 Å². The van der Waals surface area contributed by atoms with Crippen molar-refractivity contribution >= 4 is 5.91 Å². The monoisotopic (exact) mass is 261 g/mol. The normalized spacial score (nSPS) is 47.2. The molecule has 0 spiro atoms. The fourth-order valence-corrected chi connectivity index (χ4v) is 6.12. The molecule has 4 saturated carbocycles. The third kappa shape index (κ3) is 2.13. The Kier molecular flexibility index (Phi) is 2.69. The lowest BCUT2D eigenvalue weighted by Crippen LogP contribution is -2.59. The Balaban J connectivity index is 1.84. The number of nitrogens with one attached hydrogen (secondary N) is 1. The van der Waals surface area contributed by atoms with E-state index in [1.165, 1.54) is 19.3 Å². The van der Waals surface area contributed by atoms with Crippen LogP contribution < -0.4 is 5.32 Å². The lowest BCUT2D eigenvalue weighted by Gasteiger charge is -2.64. The molecule has 106 valence electrons. The summed E-state index contributed by atoms with van der Waals surface area (Å²) in [6.07, 6.45) is 7.35. The number of hydrogen-bond acceptors (Lipinski definition) is 1. The van der Waals surface area contributed by atoms with Crippen molar-refractivity contribution < 1.29 is 4.79 Å². The van der Waals surface area contributed by atoms with Gasteiger partial charge in [-0.15, -0.1) is 0 Å². The topological polar surface area (TPSA) is 29.1 Å². The van der Waals surface area contributed by atoms with Crippen molar-refractivity contribution in [1.82, 2.24) is 5.32 Å². The van der Waals surface area contributed by atoms with Crippen molar-refractivity contribution in [3.63, 3.8) is 0 Å². The van der Waals surface area contributed by atoms with Crippen LogP contribution in [0.2, 0.25) is 0 Å². The fourth-order valence-electron chi connectivity index (χ4n) is 6.12. The highest BCUT2D eigenvalue weighted by Crippen LogP contribution is 2.69. The van der Waals surface area contributed by atoms with E-state index in [0.717, 1.165) is 30.8 Å². The Bertz CT molecular complexity index is 421. The quantitative estimate of drug-likeness (QED) is 0.772. The summed E-state index contributed by atoms with van der Waals surface area (Å²) in [7, 11) is 0. The largest absolute Gasteiger partial charge is 0.352 e. The van der Waals surface area contributed by atoms with Crippen molar-refractivity contribution in [1.29, 1.82) is 0 Å². The third-order valence-electron chi connectivity index (χ3n) is 5.66. The van der Waals surface area contributed by atoms with Crippen LogP contribution in [-0.4, -0.2) is 12.5 Å². The molecule has 2 unspecified atom stereocenters. The van der Waals surface area contributed by atoms with E-state index in [2.05, 4.69) is 25.7 Å². The second-order valence-corrected chi connectivity index (χ2v) is 8.55. The molecule has 4 fully saturated rings. The van der Waals surface area contributed by atoms with Crippen LogP contribution in [0.1, 0.15) is 59.3 Å². The molecule has 0 radical (unpaired) electrons. The maximum Gasteiger partial charge on any atom is 0.226 e. The minimum Gasteiger partial charge on any atom is -0.352 e. The van der Waals surface area contributed by atoms with Gasteiger partial charge in [0, 0.05) is 6.54 Å². The molecular formula is C17H27NO. The summed E-state index contributed by atoms with van der Waals surface area (Å²) in [5, 5.41) is 3.14. The Hall–Kier alpha value is -0.790. The summed E-state index contributed by atoms with van der Waals surface area (Å²) in [5.74, 6) is 1.08. The van der Waals surface area contributed by atoms with Gasteiger partial charge in [0.1, 0.15) is 0 Å². The van der Waals surface area contributed by atoms with Crippen molar-refractivity contribution in [3.05, 3.63) is 12.2 Å². The van der Waals surface area contributed by atoms with E-state index in [1.807, 2.05) is 6.92 Å². The van der Waals surface area contributed by atoms with E-state index in [-0.39, 0.29) is 5.41 Å². The molecule has 0 aromatic heterocycles. The Morgan fingerprint density at radius 1 is 1.16 bits per heavy atom. The molecule has 1 N–H and O–H groups in total. The first-order chi connectivity index (χ1) is 8.74. The fraction of sp³-hybridized carbons (Fsp3) is 0.824. The van der Waals surface area contributed by atoms with Gasteiger partial charge < -0.3 is 5.32 Å². The average Bonchev–Trinajstić information content (AvgIpc) is 2.20. The van der Waals surface area contributed by atoms with Crippen LogP contribution in [0.4, 0.5) is 0 Å². The minimum absolute atomic E-state index is 0.0711. The highest BCUT2D eigenvalue weighted by atomic mass is 16.2. The zero-order chi connectivity index (χ0) is 13.9. The molecule has 0 aliphatic heterocycles. The molecule has 19 heavy (non-hydrogen) atoms. The summed E-state index contributed by atoms with van der Waals surface area (Å²) >= 11 is 0. The molecule has 0 aromatic rings. The van der Waals surface area contributed by atoms with Gasteiger partial charge in [-0.2, -0.15) is 0 Å². The molecular weight excluding hydrogens is 234 g/mol. The molecule has 0 heterocycles. The van der Waals surface area contributed by atoms with E-state index < -0.39 is 0 Å². The van der Waals surface area contributed by atoms with E-state index in [0.29, 0.717) is 23.3 Å². The van der Waals surface area contributed by atoms with Crippen LogP contribution in [-0.2, 0) is 4.79 Å². The molecule has 2 atom stereocenters. The number of carbonyl (C=O) groups excluding carboxylic acids is 1. The second-order valence-electron chi connectivity index (χ2n) is 8.55. The van der Waals surface area contributed by atoms with Gasteiger partial charge in [0.2, 0.25) is 5.91 Å². The van der Waals surface area contributed by atoms with Crippen molar-refractivity contribution in [3.8, 4) is 0 Å². The number of rotatable bonds is 3. The van der Waals surface area contributed by atoms with Gasteiger partial charge >= 0.3 is 0 Å². The van der Waals surface area contributed by atoms with Gasteiger partial charge in [-0.3, -0.25) is 4.79 Å². The minimum atomic E-state index is -0.0711. The Morgan fingerprint density at radius 3 is 2.21 bits per heavy atom. The van der Waals surface area contributed by atoms with E-state index in [4.69, 9.17) is 0 Å². The maximum absolute atomic E-state index is 12.7. The summed E-state index contributed by atoms with van der Waals surface area (Å²) < 4.78 is 0. The zero-order valence-corrected chi connectivity index (χ0v) is 12.6. The summed E-state index contributed by atoms with van der Waals surface area (Å²) in [6, 6.07) is 0. The van der Waals surface area contributed by atoms with E-state index in [9.17, 15) is 4.79 Å². The molecule has 4 rings (SSSR count). The van der Waals surface area contributed by atoms with Crippen LogP contribution in [0, 0.1) is 22.2 Å². The van der Waals surface area contributed by atoms with Gasteiger partial charge in [0.05, 0.1) is 5.41 Å². The second kappa shape index (κ2) is 3.86. The highest BCUT2D eigenvalue weighted by molar-refractivity contribution is 5.83. The summed E-state index contributed by atoms with van der Waals surface area (Å²) in [5.41, 5.74) is 1.79. The molecule has 1 amide bonds. The van der Waals surface area contributed by atoms with Gasteiger partial charge in [-0.05, 0) is 62.2 Å². The average molecular weight is 261 g/mol. The van der Waals surface area contributed by atoms with Gasteiger partial charge in [-0.25, -0.2) is 0 Å². The highest BCUT2D eigenvalue weighted by Gasteiger charge is 2.62. The van der Waals surface area contributed by atoms with Gasteiger partial charge in [0.25, 0.3) is 0 Å². The van der Waals surface area contributed by atoms with Crippen LogP contribution in [0.5, 0.6) is 0 Å². The Labute approximate surface area is 117 Å². The van der Waals surface area contributed by atoms with Crippen LogP contribution in [0.25, 0.3) is 0 Å². The molecule has 4 aliphatic rings. The lowest BCUT2D eigenvalue weighted by molar-refractivity contribution is -0.170. The summed E-state index contributed by atoms with van der Waals surface area (Å²) in [6.45, 7) is 11.3.